The van der Waals surface area contributed by atoms with E-state index >= 15 is 0 Å². The summed E-state index contributed by atoms with van der Waals surface area (Å²) in [6.45, 7) is 10.6. The molecule has 184 valence electrons. The van der Waals surface area contributed by atoms with Gasteiger partial charge in [-0.1, -0.05) is 76.8 Å². The van der Waals surface area contributed by atoms with Gasteiger partial charge in [0.15, 0.2) is 0 Å². The third kappa shape index (κ3) is 5.62. The van der Waals surface area contributed by atoms with E-state index in [1.54, 1.807) is 0 Å². The first-order valence-corrected chi connectivity index (χ1v) is 12.8. The first kappa shape index (κ1) is 24.9. The topological polar surface area (TPSA) is 28.1 Å². The number of rotatable bonds is 2. The van der Waals surface area contributed by atoms with Gasteiger partial charge in [0.2, 0.25) is 0 Å². The minimum Gasteiger partial charge on any atom is -0.360 e. The molecule has 0 amide bonds. The Bertz CT molecular complexity index is 1710. The Morgan fingerprint density at radius 2 is 1.18 bits per heavy atom. The van der Waals surface area contributed by atoms with Crippen LogP contribution in [0.3, 0.4) is 0 Å². The standard InChI is InChI=1S/C36H30N2/c1-24-6-10-29(11-7-24)14-16-31-20-33(37-22-31)36(35-27(4)18-26(3)19-28(35)5)34-21-32(23-38-34)17-15-30-12-8-25(2)9-13-30/h6-13,18-23,37H,1-5H3/b36-34+. The Labute approximate surface area is 225 Å². The quantitative estimate of drug-likeness (QED) is 0.278. The number of aliphatic imine (C=N–C) groups is 1. The SMILES string of the molecule is Cc1ccc(C#CC2=C/C(=C(/c3cc(C#Cc4ccc(C)cc4)c[nH]3)c3c(C)cc(C)cc3C)N=C2)cc1. The number of H-pyrrole nitrogens is 1. The van der Waals surface area contributed by atoms with Gasteiger partial charge in [0, 0.05) is 45.9 Å². The maximum absolute atomic E-state index is 4.82. The molecule has 0 saturated carbocycles. The molecule has 0 bridgehead atoms. The zero-order valence-corrected chi connectivity index (χ0v) is 22.5. The summed E-state index contributed by atoms with van der Waals surface area (Å²) in [5.41, 5.74) is 14.1. The lowest BCUT2D eigenvalue weighted by molar-refractivity contribution is 1.25. The molecule has 2 nitrogen and oxygen atoms in total. The third-order valence-corrected chi connectivity index (χ3v) is 6.58. The second-order valence-electron chi connectivity index (χ2n) is 9.93. The summed E-state index contributed by atoms with van der Waals surface area (Å²) in [6, 6.07) is 23.1. The first-order valence-electron chi connectivity index (χ1n) is 12.8. The van der Waals surface area contributed by atoms with Gasteiger partial charge in [-0.2, -0.15) is 0 Å². The predicted octanol–water partition coefficient (Wildman–Crippen LogP) is 7.78. The number of hydrogen-bond donors (Lipinski definition) is 1. The molecule has 4 aromatic rings. The molecule has 0 atom stereocenters. The monoisotopic (exact) mass is 490 g/mol. The summed E-state index contributed by atoms with van der Waals surface area (Å²) in [5, 5.41) is 0. The van der Waals surface area contributed by atoms with Gasteiger partial charge in [-0.05, 0) is 87.7 Å². The van der Waals surface area contributed by atoms with Crippen molar-refractivity contribution >= 4 is 11.8 Å². The largest absolute Gasteiger partial charge is 0.360 e. The van der Waals surface area contributed by atoms with Crippen LogP contribution in [0.5, 0.6) is 0 Å². The van der Waals surface area contributed by atoms with E-state index in [1.807, 2.05) is 24.5 Å². The Morgan fingerprint density at radius 1 is 0.632 bits per heavy atom. The lowest BCUT2D eigenvalue weighted by Gasteiger charge is -2.15. The molecule has 38 heavy (non-hydrogen) atoms. The molecule has 2 heteroatoms. The lowest BCUT2D eigenvalue weighted by Crippen LogP contribution is -1.99. The Hall–Kier alpha value is -4.79. The molecule has 1 aliphatic rings. The van der Waals surface area contributed by atoms with E-state index in [4.69, 9.17) is 4.99 Å². The molecule has 1 aromatic heterocycles. The maximum Gasteiger partial charge on any atom is 0.0742 e. The minimum absolute atomic E-state index is 0.895. The van der Waals surface area contributed by atoms with Crippen LogP contribution in [0.15, 0.2) is 95.3 Å². The molecule has 0 radical (unpaired) electrons. The molecule has 0 saturated heterocycles. The van der Waals surface area contributed by atoms with E-state index in [9.17, 15) is 0 Å². The van der Waals surface area contributed by atoms with Crippen LogP contribution in [0.2, 0.25) is 0 Å². The van der Waals surface area contributed by atoms with Crippen LogP contribution >= 0.6 is 0 Å². The van der Waals surface area contributed by atoms with Gasteiger partial charge in [0.25, 0.3) is 0 Å². The third-order valence-electron chi connectivity index (χ3n) is 6.58. The number of hydrogen-bond acceptors (Lipinski definition) is 1. The number of benzene rings is 3. The molecule has 0 spiro atoms. The highest BCUT2D eigenvalue weighted by Gasteiger charge is 2.19. The summed E-state index contributed by atoms with van der Waals surface area (Å²) < 4.78 is 0. The zero-order chi connectivity index (χ0) is 26.6. The van der Waals surface area contributed by atoms with E-state index in [-0.39, 0.29) is 0 Å². The van der Waals surface area contributed by atoms with E-state index in [0.717, 1.165) is 39.2 Å². The van der Waals surface area contributed by atoms with Crippen LogP contribution in [-0.2, 0) is 0 Å². The van der Waals surface area contributed by atoms with Gasteiger partial charge in [0.05, 0.1) is 5.70 Å². The fourth-order valence-corrected chi connectivity index (χ4v) is 4.71. The van der Waals surface area contributed by atoms with E-state index in [1.165, 1.54) is 33.4 Å². The van der Waals surface area contributed by atoms with Gasteiger partial charge in [-0.25, -0.2) is 0 Å². The Balaban J connectivity index is 1.57. The summed E-state index contributed by atoms with van der Waals surface area (Å²) in [6.07, 6.45) is 5.90. The second kappa shape index (κ2) is 10.7. The van der Waals surface area contributed by atoms with Crippen LogP contribution in [0.4, 0.5) is 0 Å². The molecule has 0 aliphatic carbocycles. The molecule has 1 N–H and O–H groups in total. The van der Waals surface area contributed by atoms with Crippen molar-refractivity contribution in [1.82, 2.24) is 4.98 Å². The van der Waals surface area contributed by atoms with Crippen molar-refractivity contribution in [3.05, 3.63) is 146 Å². The highest BCUT2D eigenvalue weighted by Crippen LogP contribution is 2.34. The van der Waals surface area contributed by atoms with Crippen LogP contribution in [0, 0.1) is 58.3 Å². The molecule has 1 aliphatic heterocycles. The van der Waals surface area contributed by atoms with Crippen molar-refractivity contribution in [1.29, 1.82) is 0 Å². The van der Waals surface area contributed by atoms with Gasteiger partial charge < -0.3 is 4.98 Å². The van der Waals surface area contributed by atoms with Crippen LogP contribution in [0.25, 0.3) is 5.57 Å². The number of nitrogens with zero attached hydrogens (tertiary/aromatic N) is 1. The highest BCUT2D eigenvalue weighted by molar-refractivity contribution is 5.95. The Kier molecular flexibility index (Phi) is 6.99. The lowest BCUT2D eigenvalue weighted by atomic mass is 9.90. The molecule has 5 rings (SSSR count). The minimum atomic E-state index is 0.895. The number of aromatic nitrogens is 1. The first-order chi connectivity index (χ1) is 18.4. The average molecular weight is 491 g/mol. The molecular formula is C36H30N2. The zero-order valence-electron chi connectivity index (χ0n) is 22.5. The van der Waals surface area contributed by atoms with Crippen molar-refractivity contribution in [2.75, 3.05) is 0 Å². The fraction of sp³-hybridized carbons (Fsp3) is 0.139. The van der Waals surface area contributed by atoms with E-state index in [2.05, 4.69) is 124 Å². The molecule has 0 fully saturated rings. The molecule has 0 unspecified atom stereocenters. The van der Waals surface area contributed by atoms with Crippen LogP contribution < -0.4 is 0 Å². The smallest absolute Gasteiger partial charge is 0.0742 e. The number of aromatic amines is 1. The molecule has 2 heterocycles. The normalized spacial score (nSPS) is 13.3. The van der Waals surface area contributed by atoms with Crippen molar-refractivity contribution in [2.24, 2.45) is 4.99 Å². The number of aryl methyl sites for hydroxylation is 5. The van der Waals surface area contributed by atoms with E-state index < -0.39 is 0 Å². The summed E-state index contributed by atoms with van der Waals surface area (Å²) in [4.78, 5) is 8.29. The van der Waals surface area contributed by atoms with Crippen LogP contribution in [0.1, 0.15) is 55.8 Å². The Morgan fingerprint density at radius 3 is 1.79 bits per heavy atom. The summed E-state index contributed by atoms with van der Waals surface area (Å²) >= 11 is 0. The van der Waals surface area contributed by atoms with Gasteiger partial charge in [0.1, 0.15) is 0 Å². The predicted molar refractivity (Wildman–Crippen MR) is 159 cm³/mol. The number of nitrogens with one attached hydrogen (secondary N) is 1. The van der Waals surface area contributed by atoms with Crippen LogP contribution in [-0.4, -0.2) is 11.2 Å². The summed E-state index contributed by atoms with van der Waals surface area (Å²) in [7, 11) is 0. The van der Waals surface area contributed by atoms with E-state index in [0.29, 0.717) is 0 Å². The van der Waals surface area contributed by atoms with Gasteiger partial charge >= 0.3 is 0 Å². The van der Waals surface area contributed by atoms with Crippen molar-refractivity contribution in [2.45, 2.75) is 34.6 Å². The van der Waals surface area contributed by atoms with Gasteiger partial charge in [-0.15, -0.1) is 0 Å². The average Bonchev–Trinajstić information content (AvgIpc) is 3.55. The maximum atomic E-state index is 4.82. The second-order valence-corrected chi connectivity index (χ2v) is 9.93. The highest BCUT2D eigenvalue weighted by atomic mass is 14.8. The summed E-state index contributed by atoms with van der Waals surface area (Å²) in [5.74, 6) is 13.1. The van der Waals surface area contributed by atoms with Gasteiger partial charge in [-0.3, -0.25) is 4.99 Å². The van der Waals surface area contributed by atoms with Crippen molar-refractivity contribution in [3.63, 3.8) is 0 Å². The fourth-order valence-electron chi connectivity index (χ4n) is 4.71. The molecular weight excluding hydrogens is 460 g/mol. The molecule has 3 aromatic carbocycles. The number of allylic oxidation sites excluding steroid dienone is 2. The van der Waals surface area contributed by atoms with Crippen molar-refractivity contribution < 1.29 is 0 Å². The van der Waals surface area contributed by atoms with Crippen molar-refractivity contribution in [3.8, 4) is 23.7 Å².